The van der Waals surface area contributed by atoms with Crippen LogP contribution in [-0.2, 0) is 14.8 Å². The van der Waals surface area contributed by atoms with Crippen LogP contribution in [0.1, 0.15) is 33.8 Å². The number of carbonyl (C=O) groups excluding carboxylic acids is 2. The molecule has 2 N–H and O–H groups in total. The molecule has 2 aromatic heterocycles. The van der Waals surface area contributed by atoms with Crippen molar-refractivity contribution in [2.75, 3.05) is 13.1 Å². The number of carbonyl (C=O) groups is 2. The first-order chi connectivity index (χ1) is 12.8. The van der Waals surface area contributed by atoms with Crippen molar-refractivity contribution < 1.29 is 22.4 Å². The summed E-state index contributed by atoms with van der Waals surface area (Å²) in [7, 11) is -3.61. The first-order valence-electron chi connectivity index (χ1n) is 8.50. The molecule has 3 rings (SSSR count). The second-order valence-electron chi connectivity index (χ2n) is 6.40. The van der Waals surface area contributed by atoms with E-state index in [1.807, 2.05) is 6.92 Å². The lowest BCUT2D eigenvalue weighted by Gasteiger charge is -2.30. The fourth-order valence-electron chi connectivity index (χ4n) is 2.96. The van der Waals surface area contributed by atoms with E-state index in [-0.39, 0.29) is 10.8 Å². The summed E-state index contributed by atoms with van der Waals surface area (Å²) in [4.78, 5) is 25.4. The number of nitrogens with zero attached hydrogens (tertiary/aromatic N) is 1. The van der Waals surface area contributed by atoms with Gasteiger partial charge in [0, 0.05) is 18.0 Å². The van der Waals surface area contributed by atoms with E-state index in [1.165, 1.54) is 28.0 Å². The number of thiophene rings is 1. The maximum Gasteiger partial charge on any atom is 0.273 e. The Kier molecular flexibility index (Phi) is 5.68. The standard InChI is InChI=1S/C17H21N3O5S2/c1-11-5-6-15(26-11)27(23,24)20-8-3-4-13(10-20)16(21)18-19-17(22)14-7-9-25-12(14)2/h5-7,9,13H,3-4,8,10H2,1-2H3,(H,18,21)(H,19,22)/t13-/m0/s1. The highest BCUT2D eigenvalue weighted by Crippen LogP contribution is 2.28. The Balaban J connectivity index is 1.61. The fraction of sp³-hybridized carbons (Fsp3) is 0.412. The predicted molar refractivity (Wildman–Crippen MR) is 99.6 cm³/mol. The maximum atomic E-state index is 12.8. The molecule has 0 aliphatic carbocycles. The van der Waals surface area contributed by atoms with Crippen molar-refractivity contribution in [1.82, 2.24) is 15.2 Å². The molecule has 1 saturated heterocycles. The zero-order chi connectivity index (χ0) is 19.6. The summed E-state index contributed by atoms with van der Waals surface area (Å²) in [5.41, 5.74) is 5.06. The summed E-state index contributed by atoms with van der Waals surface area (Å²) in [6, 6.07) is 4.86. The molecule has 146 valence electrons. The number of amides is 2. The molecule has 2 aromatic rings. The quantitative estimate of drug-likeness (QED) is 0.746. The lowest BCUT2D eigenvalue weighted by molar-refractivity contribution is -0.126. The first-order valence-corrected chi connectivity index (χ1v) is 10.8. The molecule has 0 aromatic carbocycles. The van der Waals surface area contributed by atoms with E-state index in [1.54, 1.807) is 19.1 Å². The Labute approximate surface area is 161 Å². The number of hydrazine groups is 1. The summed E-state index contributed by atoms with van der Waals surface area (Å²) in [5, 5.41) is 0. The van der Waals surface area contributed by atoms with E-state index in [4.69, 9.17) is 4.42 Å². The second-order valence-corrected chi connectivity index (χ2v) is 9.85. The van der Waals surface area contributed by atoms with Crippen LogP contribution in [0.15, 0.2) is 33.1 Å². The molecule has 0 spiro atoms. The number of hydrogen-bond donors (Lipinski definition) is 2. The molecular weight excluding hydrogens is 390 g/mol. The van der Waals surface area contributed by atoms with E-state index in [0.717, 1.165) is 4.88 Å². The molecule has 8 nitrogen and oxygen atoms in total. The van der Waals surface area contributed by atoms with Gasteiger partial charge in [-0.05, 0) is 44.9 Å². The van der Waals surface area contributed by atoms with Crippen LogP contribution in [0.5, 0.6) is 0 Å². The highest BCUT2D eigenvalue weighted by atomic mass is 32.2. The third-order valence-corrected chi connectivity index (χ3v) is 7.80. The van der Waals surface area contributed by atoms with E-state index in [2.05, 4.69) is 10.9 Å². The molecule has 1 aliphatic heterocycles. The summed E-state index contributed by atoms with van der Waals surface area (Å²) in [5.74, 6) is -0.973. The van der Waals surface area contributed by atoms with E-state index in [0.29, 0.717) is 30.7 Å². The first kappa shape index (κ1) is 19.6. The molecule has 1 fully saturated rings. The highest BCUT2D eigenvalue weighted by molar-refractivity contribution is 7.91. The number of piperidine rings is 1. The Morgan fingerprint density at radius 3 is 2.63 bits per heavy atom. The van der Waals surface area contributed by atoms with Crippen LogP contribution in [-0.4, -0.2) is 37.6 Å². The van der Waals surface area contributed by atoms with Crippen molar-refractivity contribution in [3.8, 4) is 0 Å². The summed E-state index contributed by atoms with van der Waals surface area (Å²) in [6.07, 6.45) is 2.53. The van der Waals surface area contributed by atoms with Crippen molar-refractivity contribution in [3.63, 3.8) is 0 Å². The zero-order valence-corrected chi connectivity index (χ0v) is 16.7. The molecule has 0 bridgehead atoms. The van der Waals surface area contributed by atoms with Crippen molar-refractivity contribution in [2.45, 2.75) is 30.9 Å². The van der Waals surface area contributed by atoms with Crippen LogP contribution in [0, 0.1) is 19.8 Å². The van der Waals surface area contributed by atoms with Gasteiger partial charge in [0.15, 0.2) is 0 Å². The average molecular weight is 412 g/mol. The van der Waals surface area contributed by atoms with Gasteiger partial charge in [-0.1, -0.05) is 0 Å². The maximum absolute atomic E-state index is 12.8. The van der Waals surface area contributed by atoms with Crippen LogP contribution in [0.3, 0.4) is 0 Å². The van der Waals surface area contributed by atoms with Gasteiger partial charge in [-0.2, -0.15) is 4.31 Å². The van der Waals surface area contributed by atoms with E-state index < -0.39 is 27.8 Å². The fourth-order valence-corrected chi connectivity index (χ4v) is 5.92. The summed E-state index contributed by atoms with van der Waals surface area (Å²) < 4.78 is 32.2. The van der Waals surface area contributed by atoms with Gasteiger partial charge in [-0.25, -0.2) is 8.42 Å². The van der Waals surface area contributed by atoms with Gasteiger partial charge in [-0.3, -0.25) is 20.4 Å². The van der Waals surface area contributed by atoms with E-state index in [9.17, 15) is 18.0 Å². The topological polar surface area (TPSA) is 109 Å². The van der Waals surface area contributed by atoms with Crippen LogP contribution >= 0.6 is 11.3 Å². The molecule has 0 saturated carbocycles. The minimum Gasteiger partial charge on any atom is -0.469 e. The number of furan rings is 1. The monoisotopic (exact) mass is 411 g/mol. The lowest BCUT2D eigenvalue weighted by atomic mass is 9.99. The Bertz CT molecular complexity index is 947. The Morgan fingerprint density at radius 2 is 2.00 bits per heavy atom. The van der Waals surface area contributed by atoms with Gasteiger partial charge in [-0.15, -0.1) is 11.3 Å². The molecule has 1 atom stereocenters. The van der Waals surface area contributed by atoms with Crippen LogP contribution in [0.2, 0.25) is 0 Å². The molecule has 2 amide bonds. The largest absolute Gasteiger partial charge is 0.469 e. The van der Waals surface area contributed by atoms with Crippen LogP contribution in [0.4, 0.5) is 0 Å². The van der Waals surface area contributed by atoms with Gasteiger partial charge in [0.2, 0.25) is 5.91 Å². The molecule has 1 aliphatic rings. The third-order valence-electron chi connectivity index (χ3n) is 4.47. The third kappa shape index (κ3) is 4.23. The zero-order valence-electron chi connectivity index (χ0n) is 15.0. The van der Waals surface area contributed by atoms with Gasteiger partial charge in [0.1, 0.15) is 9.97 Å². The molecule has 3 heterocycles. The van der Waals surface area contributed by atoms with Crippen molar-refractivity contribution in [1.29, 1.82) is 0 Å². The van der Waals surface area contributed by atoms with E-state index >= 15 is 0 Å². The van der Waals surface area contributed by atoms with Gasteiger partial charge in [0.25, 0.3) is 15.9 Å². The van der Waals surface area contributed by atoms with Crippen molar-refractivity contribution >= 4 is 33.2 Å². The average Bonchev–Trinajstić information content (AvgIpc) is 3.28. The van der Waals surface area contributed by atoms with Crippen molar-refractivity contribution in [2.24, 2.45) is 5.92 Å². The highest BCUT2D eigenvalue weighted by Gasteiger charge is 2.34. The van der Waals surface area contributed by atoms with Crippen LogP contribution in [0.25, 0.3) is 0 Å². The Morgan fingerprint density at radius 1 is 1.22 bits per heavy atom. The molecular formula is C17H21N3O5S2. The smallest absolute Gasteiger partial charge is 0.273 e. The van der Waals surface area contributed by atoms with Gasteiger partial charge < -0.3 is 4.42 Å². The normalized spacial score (nSPS) is 18.2. The SMILES string of the molecule is Cc1ccc(S(=O)(=O)N2CCC[C@H](C(=O)NNC(=O)c3ccoc3C)C2)s1. The number of sulfonamides is 1. The molecule has 0 unspecified atom stereocenters. The number of nitrogens with one attached hydrogen (secondary N) is 2. The summed E-state index contributed by atoms with van der Waals surface area (Å²) >= 11 is 1.22. The minimum atomic E-state index is -3.61. The minimum absolute atomic E-state index is 0.0890. The Hall–Kier alpha value is -2.17. The second kappa shape index (κ2) is 7.83. The lowest BCUT2D eigenvalue weighted by Crippen LogP contribution is -2.49. The predicted octanol–water partition coefficient (Wildman–Crippen LogP) is 1.82. The number of rotatable bonds is 4. The number of hydrogen-bond acceptors (Lipinski definition) is 6. The molecule has 10 heteroatoms. The van der Waals surface area contributed by atoms with Crippen LogP contribution < -0.4 is 10.9 Å². The van der Waals surface area contributed by atoms with Gasteiger partial charge >= 0.3 is 0 Å². The van der Waals surface area contributed by atoms with Crippen molar-refractivity contribution in [3.05, 3.63) is 40.7 Å². The number of aryl methyl sites for hydroxylation is 2. The summed E-state index contributed by atoms with van der Waals surface area (Å²) in [6.45, 7) is 3.96. The molecule has 27 heavy (non-hydrogen) atoms. The molecule has 0 radical (unpaired) electrons. The van der Waals surface area contributed by atoms with Gasteiger partial charge in [0.05, 0.1) is 17.7 Å².